The zero-order chi connectivity index (χ0) is 12.2. The largest absolute Gasteiger partial charge is 0.385 e. The van der Waals surface area contributed by atoms with Crippen LogP contribution in [0.25, 0.3) is 0 Å². The van der Waals surface area contributed by atoms with Crippen LogP contribution in [0.3, 0.4) is 0 Å². The van der Waals surface area contributed by atoms with Crippen LogP contribution in [-0.4, -0.2) is 11.3 Å². The molecule has 2 unspecified atom stereocenters. The second-order valence-corrected chi connectivity index (χ2v) is 6.44. The van der Waals surface area contributed by atoms with Crippen LogP contribution in [0.4, 0.5) is 5.69 Å². The van der Waals surface area contributed by atoms with E-state index < -0.39 is 0 Å². The fourth-order valence-corrected chi connectivity index (χ4v) is 1.76. The van der Waals surface area contributed by atoms with Gasteiger partial charge in [-0.15, -0.1) is 0 Å². The lowest BCUT2D eigenvalue weighted by molar-refractivity contribution is 0.442. The number of halogens is 1. The van der Waals surface area contributed by atoms with Crippen molar-refractivity contribution in [1.29, 1.82) is 0 Å². The fraction of sp³-hybridized carbons (Fsp3) is 0.538. The molecule has 0 heterocycles. The predicted octanol–water partition coefficient (Wildman–Crippen LogP) is 4.60. The monoisotopic (exact) mass is 301 g/mol. The van der Waals surface area contributed by atoms with Gasteiger partial charge in [-0.2, -0.15) is 12.6 Å². The Morgan fingerprint density at radius 2 is 1.94 bits per heavy atom. The van der Waals surface area contributed by atoms with Crippen molar-refractivity contribution in [3.05, 3.63) is 28.7 Å². The van der Waals surface area contributed by atoms with E-state index in [2.05, 4.69) is 54.2 Å². The smallest absolute Gasteiger partial charge is 0.0341 e. The third kappa shape index (κ3) is 4.02. The van der Waals surface area contributed by atoms with Crippen LogP contribution >= 0.6 is 28.6 Å². The molecule has 0 radical (unpaired) electrons. The van der Waals surface area contributed by atoms with Crippen LogP contribution in [0.2, 0.25) is 0 Å². The van der Waals surface area contributed by atoms with Gasteiger partial charge in [-0.3, -0.25) is 0 Å². The maximum Gasteiger partial charge on any atom is 0.0341 e. The van der Waals surface area contributed by atoms with Gasteiger partial charge >= 0.3 is 0 Å². The molecule has 0 amide bonds. The van der Waals surface area contributed by atoms with Crippen molar-refractivity contribution in [1.82, 2.24) is 0 Å². The van der Waals surface area contributed by atoms with E-state index in [1.54, 1.807) is 0 Å². The molecule has 3 heteroatoms. The number of anilines is 1. The molecular formula is C13H20BrNS. The van der Waals surface area contributed by atoms with Crippen molar-refractivity contribution >= 4 is 34.2 Å². The highest BCUT2D eigenvalue weighted by Crippen LogP contribution is 2.28. The first-order chi connectivity index (χ1) is 7.45. The van der Waals surface area contributed by atoms with Crippen LogP contribution in [-0.2, 0) is 0 Å². The lowest BCUT2D eigenvalue weighted by atomic mass is 9.92. The molecule has 0 aromatic heterocycles. The van der Waals surface area contributed by atoms with Crippen LogP contribution < -0.4 is 5.32 Å². The summed E-state index contributed by atoms with van der Waals surface area (Å²) in [5.74, 6) is 0.532. The van der Waals surface area contributed by atoms with E-state index in [0.717, 1.165) is 23.1 Å². The Labute approximate surface area is 113 Å². The molecule has 0 saturated heterocycles. The van der Waals surface area contributed by atoms with Crippen LogP contribution in [0.15, 0.2) is 28.7 Å². The van der Waals surface area contributed by atoms with Gasteiger partial charge in [-0.05, 0) is 36.6 Å². The van der Waals surface area contributed by atoms with E-state index >= 15 is 0 Å². The highest BCUT2D eigenvalue weighted by Gasteiger charge is 2.24. The fourth-order valence-electron chi connectivity index (χ4n) is 1.41. The molecule has 0 spiro atoms. The Bertz CT molecular complexity index is 321. The zero-order valence-corrected chi connectivity index (χ0v) is 12.6. The van der Waals surface area contributed by atoms with Gasteiger partial charge in [0.25, 0.3) is 0 Å². The van der Waals surface area contributed by atoms with E-state index in [1.165, 1.54) is 0 Å². The minimum absolute atomic E-state index is 0.0996. The molecule has 1 N–H and O–H groups in total. The maximum absolute atomic E-state index is 4.70. The molecular weight excluding hydrogens is 282 g/mol. The Morgan fingerprint density at radius 3 is 2.44 bits per heavy atom. The van der Waals surface area contributed by atoms with E-state index in [0.29, 0.717) is 5.92 Å². The molecule has 1 aromatic carbocycles. The Balaban J connectivity index is 2.49. The molecule has 90 valence electrons. The third-order valence-corrected chi connectivity index (χ3v) is 4.52. The highest BCUT2D eigenvalue weighted by molar-refractivity contribution is 9.10. The number of thiol groups is 1. The maximum atomic E-state index is 4.70. The van der Waals surface area contributed by atoms with Crippen molar-refractivity contribution in [2.24, 2.45) is 5.92 Å². The van der Waals surface area contributed by atoms with Gasteiger partial charge in [0.1, 0.15) is 0 Å². The summed E-state index contributed by atoms with van der Waals surface area (Å²) in [5, 5.41) is 3.44. The predicted molar refractivity (Wildman–Crippen MR) is 79.5 cm³/mol. The summed E-state index contributed by atoms with van der Waals surface area (Å²) in [5.41, 5.74) is 1.16. The van der Waals surface area contributed by atoms with Crippen molar-refractivity contribution < 1.29 is 0 Å². The lowest BCUT2D eigenvalue weighted by Crippen LogP contribution is -2.31. The number of nitrogens with one attached hydrogen (secondary N) is 1. The molecule has 2 atom stereocenters. The van der Waals surface area contributed by atoms with E-state index in [4.69, 9.17) is 12.6 Å². The molecule has 0 saturated carbocycles. The standard InChI is InChI=1S/C13H20BrNS/c1-4-13(3,16)10(2)9-15-12-7-5-11(14)6-8-12/h5-8,10,15-16H,4,9H2,1-3H3. The van der Waals surface area contributed by atoms with Crippen LogP contribution in [0, 0.1) is 5.92 Å². The molecule has 16 heavy (non-hydrogen) atoms. The molecule has 1 aromatic rings. The average molecular weight is 302 g/mol. The normalized spacial score (nSPS) is 16.6. The topological polar surface area (TPSA) is 12.0 Å². The first-order valence-corrected chi connectivity index (χ1v) is 6.91. The third-order valence-electron chi connectivity index (χ3n) is 3.23. The summed E-state index contributed by atoms with van der Waals surface area (Å²) in [7, 11) is 0. The van der Waals surface area contributed by atoms with Crippen LogP contribution in [0.1, 0.15) is 27.2 Å². The number of rotatable bonds is 5. The van der Waals surface area contributed by atoms with Crippen molar-refractivity contribution in [2.45, 2.75) is 31.9 Å². The summed E-state index contributed by atoms with van der Waals surface area (Å²) in [6.07, 6.45) is 1.08. The lowest BCUT2D eigenvalue weighted by Gasteiger charge is -2.30. The summed E-state index contributed by atoms with van der Waals surface area (Å²) in [6.45, 7) is 7.57. The second-order valence-electron chi connectivity index (χ2n) is 4.50. The number of hydrogen-bond acceptors (Lipinski definition) is 2. The zero-order valence-electron chi connectivity index (χ0n) is 10.1. The van der Waals surface area contributed by atoms with Crippen molar-refractivity contribution in [3.8, 4) is 0 Å². The van der Waals surface area contributed by atoms with E-state index in [-0.39, 0.29) is 4.75 Å². The Kier molecular flexibility index (Phi) is 5.19. The molecule has 1 nitrogen and oxygen atoms in total. The van der Waals surface area contributed by atoms with Gasteiger partial charge in [0.2, 0.25) is 0 Å². The molecule has 0 aliphatic carbocycles. The minimum Gasteiger partial charge on any atom is -0.385 e. The van der Waals surface area contributed by atoms with Gasteiger partial charge < -0.3 is 5.32 Å². The summed E-state index contributed by atoms with van der Waals surface area (Å²) < 4.78 is 1.21. The van der Waals surface area contributed by atoms with Gasteiger partial charge in [-0.25, -0.2) is 0 Å². The SMILES string of the molecule is CCC(C)(S)C(C)CNc1ccc(Br)cc1. The molecule has 0 bridgehead atoms. The summed E-state index contributed by atoms with van der Waals surface area (Å²) in [4.78, 5) is 0. The summed E-state index contributed by atoms with van der Waals surface area (Å²) in [6, 6.07) is 8.26. The van der Waals surface area contributed by atoms with Gasteiger partial charge in [0.15, 0.2) is 0 Å². The Morgan fingerprint density at radius 1 is 1.38 bits per heavy atom. The van der Waals surface area contributed by atoms with Crippen molar-refractivity contribution in [3.63, 3.8) is 0 Å². The second kappa shape index (κ2) is 5.97. The summed E-state index contributed by atoms with van der Waals surface area (Å²) >= 11 is 8.13. The first-order valence-electron chi connectivity index (χ1n) is 5.67. The quantitative estimate of drug-likeness (QED) is 0.758. The number of benzene rings is 1. The van der Waals surface area contributed by atoms with Crippen LogP contribution in [0.5, 0.6) is 0 Å². The minimum atomic E-state index is 0.0996. The van der Waals surface area contributed by atoms with Gasteiger partial charge in [-0.1, -0.05) is 36.7 Å². The van der Waals surface area contributed by atoms with E-state index in [9.17, 15) is 0 Å². The molecule has 0 fully saturated rings. The molecule has 0 aliphatic rings. The average Bonchev–Trinajstić information content (AvgIpc) is 2.28. The number of hydrogen-bond donors (Lipinski definition) is 2. The van der Waals surface area contributed by atoms with Gasteiger partial charge in [0.05, 0.1) is 0 Å². The van der Waals surface area contributed by atoms with E-state index in [1.807, 2.05) is 12.1 Å². The molecule has 0 aliphatic heterocycles. The van der Waals surface area contributed by atoms with Crippen molar-refractivity contribution in [2.75, 3.05) is 11.9 Å². The first kappa shape index (κ1) is 13.9. The highest BCUT2D eigenvalue weighted by atomic mass is 79.9. The Hall–Kier alpha value is -0.150. The van der Waals surface area contributed by atoms with Gasteiger partial charge in [0, 0.05) is 21.5 Å². The molecule has 1 rings (SSSR count).